The van der Waals surface area contributed by atoms with Crippen molar-refractivity contribution >= 4 is 39.7 Å². The minimum absolute atomic E-state index is 0.0876. The number of hydrogen-bond acceptors (Lipinski definition) is 5. The van der Waals surface area contributed by atoms with Crippen molar-refractivity contribution in [3.8, 4) is 11.8 Å². The Morgan fingerprint density at radius 3 is 2.54 bits per heavy atom. The van der Waals surface area contributed by atoms with E-state index in [4.69, 9.17) is 4.43 Å². The van der Waals surface area contributed by atoms with Gasteiger partial charge in [-0.25, -0.2) is 13.4 Å². The van der Waals surface area contributed by atoms with Gasteiger partial charge in [-0.1, -0.05) is 70.2 Å². The fourth-order valence-corrected chi connectivity index (χ4v) is 8.10. The van der Waals surface area contributed by atoms with Crippen molar-refractivity contribution in [2.75, 3.05) is 5.75 Å². The van der Waals surface area contributed by atoms with E-state index in [2.05, 4.69) is 71.5 Å². The molecule has 0 saturated heterocycles. The van der Waals surface area contributed by atoms with E-state index in [1.807, 2.05) is 31.2 Å². The van der Waals surface area contributed by atoms with Crippen molar-refractivity contribution in [2.45, 2.75) is 89.9 Å². The second kappa shape index (κ2) is 9.97. The number of benzene rings is 1. The molecule has 1 aliphatic carbocycles. The summed E-state index contributed by atoms with van der Waals surface area (Å²) < 4.78 is 33.4. The Morgan fingerprint density at radius 2 is 1.94 bits per heavy atom. The number of allylic oxidation sites excluding steroid dienone is 2. The largest absolute Gasteiger partial charge is 0.414 e. The summed E-state index contributed by atoms with van der Waals surface area (Å²) in [6.45, 7) is 19.9. The smallest absolute Gasteiger partial charge is 0.210 e. The van der Waals surface area contributed by atoms with Crippen LogP contribution in [-0.2, 0) is 14.3 Å². The molecule has 0 N–H and O–H groups in total. The van der Waals surface area contributed by atoms with Crippen molar-refractivity contribution in [3.63, 3.8) is 0 Å². The fourth-order valence-electron chi connectivity index (χ4n) is 4.22. The third-order valence-electron chi connectivity index (χ3n) is 7.18. The first-order valence-electron chi connectivity index (χ1n) is 12.2. The van der Waals surface area contributed by atoms with Gasteiger partial charge in [-0.05, 0) is 67.9 Å². The van der Waals surface area contributed by atoms with Crippen molar-refractivity contribution < 1.29 is 12.8 Å². The highest BCUT2D eigenvalue weighted by molar-refractivity contribution is 7.93. The van der Waals surface area contributed by atoms with E-state index in [9.17, 15) is 8.42 Å². The lowest BCUT2D eigenvalue weighted by atomic mass is 9.72. The number of sulfone groups is 1. The summed E-state index contributed by atoms with van der Waals surface area (Å²) in [5.74, 6) is 6.50. The summed E-state index contributed by atoms with van der Waals surface area (Å²) in [7, 11) is -5.33. The molecule has 35 heavy (non-hydrogen) atoms. The molecular weight excluding hydrogens is 491 g/mol. The first-order valence-corrected chi connectivity index (χ1v) is 17.5. The summed E-state index contributed by atoms with van der Waals surface area (Å²) in [6.07, 6.45) is 3.75. The number of aromatic nitrogens is 1. The van der Waals surface area contributed by atoms with Gasteiger partial charge in [-0.3, -0.25) is 0 Å². The monoisotopic (exact) mass is 529 g/mol. The van der Waals surface area contributed by atoms with Crippen LogP contribution in [0.3, 0.4) is 0 Å². The van der Waals surface area contributed by atoms with Gasteiger partial charge in [0.25, 0.3) is 0 Å². The highest BCUT2D eigenvalue weighted by Gasteiger charge is 2.42. The van der Waals surface area contributed by atoms with Crippen LogP contribution < -0.4 is 0 Å². The molecule has 190 valence electrons. The minimum Gasteiger partial charge on any atom is -0.414 e. The van der Waals surface area contributed by atoms with Gasteiger partial charge in [-0.15, -0.1) is 11.3 Å². The Bertz CT molecular complexity index is 1300. The van der Waals surface area contributed by atoms with Crippen LogP contribution in [0.4, 0.5) is 0 Å². The number of hydrogen-bond donors (Lipinski definition) is 0. The highest BCUT2D eigenvalue weighted by atomic mass is 32.2. The molecule has 0 amide bonds. The Kier molecular flexibility index (Phi) is 7.94. The summed E-state index contributed by atoms with van der Waals surface area (Å²) in [4.78, 5) is 4.31. The van der Waals surface area contributed by atoms with E-state index in [-0.39, 0.29) is 26.6 Å². The second-order valence-corrected chi connectivity index (χ2v) is 19.8. The zero-order chi connectivity index (χ0) is 26.2. The zero-order valence-electron chi connectivity index (χ0n) is 22.6. The van der Waals surface area contributed by atoms with Crippen molar-refractivity contribution in [1.82, 2.24) is 4.98 Å². The molecule has 0 spiro atoms. The van der Waals surface area contributed by atoms with Gasteiger partial charge < -0.3 is 4.43 Å². The minimum atomic E-state index is -3.49. The molecule has 4 nitrogen and oxygen atoms in total. The Labute approximate surface area is 216 Å². The van der Waals surface area contributed by atoms with Crippen molar-refractivity contribution in [1.29, 1.82) is 0 Å². The fraction of sp³-hybridized carbons (Fsp3) is 0.536. The Hall–Kier alpha value is -1.72. The van der Waals surface area contributed by atoms with E-state index in [0.29, 0.717) is 5.52 Å². The normalized spacial score (nSPS) is 19.6. The van der Waals surface area contributed by atoms with Crippen LogP contribution in [0.5, 0.6) is 0 Å². The van der Waals surface area contributed by atoms with Crippen LogP contribution in [0.1, 0.15) is 61.3 Å². The van der Waals surface area contributed by atoms with Gasteiger partial charge in [0.15, 0.2) is 8.32 Å². The molecular formula is C28H39NO3S2Si. The average Bonchev–Trinajstić information content (AvgIpc) is 3.15. The van der Waals surface area contributed by atoms with Crippen LogP contribution >= 0.6 is 11.3 Å². The maximum absolute atomic E-state index is 12.8. The zero-order valence-corrected chi connectivity index (χ0v) is 25.2. The number of rotatable bonds is 5. The Balaban J connectivity index is 1.75. The maximum atomic E-state index is 12.8. The standard InChI is InChI=1S/C28H39NO3S2Si/c1-20(16-17-34(30,31)26-29-24-12-10-11-13-25(24)33-26)14-15-23-21(2)18-22(19-28(23,6)7)32-35(8,9)27(3,4)5/h10-13,16,22H,17-19H2,1-9H3/b20-16+/t22-/m1/s1. The van der Waals surface area contributed by atoms with Crippen molar-refractivity contribution in [2.24, 2.45) is 5.41 Å². The lowest BCUT2D eigenvalue weighted by Crippen LogP contribution is -2.46. The third kappa shape index (κ3) is 6.54. The molecule has 2 aromatic rings. The molecule has 1 atom stereocenters. The topological polar surface area (TPSA) is 56.3 Å². The number of para-hydroxylation sites is 1. The van der Waals surface area contributed by atoms with Gasteiger partial charge in [-0.2, -0.15) is 0 Å². The quantitative estimate of drug-likeness (QED) is 0.296. The van der Waals surface area contributed by atoms with Crippen LogP contribution in [0.25, 0.3) is 10.2 Å². The number of thiazole rings is 1. The predicted octanol–water partition coefficient (Wildman–Crippen LogP) is 7.55. The van der Waals surface area contributed by atoms with Crippen LogP contribution in [0.2, 0.25) is 18.1 Å². The van der Waals surface area contributed by atoms with Gasteiger partial charge >= 0.3 is 0 Å². The van der Waals surface area contributed by atoms with Gasteiger partial charge in [0.1, 0.15) is 0 Å². The molecule has 1 aromatic heterocycles. The Morgan fingerprint density at radius 1 is 1.29 bits per heavy atom. The SMILES string of the molecule is CC1=C(C#C/C(C)=C/CS(=O)(=O)c2nc3ccccc3s2)C(C)(C)C[C@H](O[Si](C)(C)C(C)(C)C)C1. The van der Waals surface area contributed by atoms with Crippen molar-refractivity contribution in [3.05, 3.63) is 47.1 Å². The first-order chi connectivity index (χ1) is 16.0. The van der Waals surface area contributed by atoms with E-state index in [1.165, 1.54) is 16.9 Å². The molecule has 7 heteroatoms. The summed E-state index contributed by atoms with van der Waals surface area (Å²) in [5.41, 5.74) is 3.80. The van der Waals surface area contributed by atoms with Gasteiger partial charge in [0.2, 0.25) is 14.2 Å². The van der Waals surface area contributed by atoms with E-state index in [1.54, 1.807) is 6.08 Å². The molecule has 0 bridgehead atoms. The summed E-state index contributed by atoms with van der Waals surface area (Å²) >= 11 is 1.22. The lowest BCUT2D eigenvalue weighted by molar-refractivity contribution is 0.125. The second-order valence-electron chi connectivity index (χ2n) is 11.8. The summed E-state index contributed by atoms with van der Waals surface area (Å²) in [5, 5.41) is 0.183. The summed E-state index contributed by atoms with van der Waals surface area (Å²) in [6, 6.07) is 7.48. The van der Waals surface area contributed by atoms with Crippen LogP contribution in [-0.4, -0.2) is 33.6 Å². The highest BCUT2D eigenvalue weighted by Crippen LogP contribution is 2.44. The lowest BCUT2D eigenvalue weighted by Gasteiger charge is -2.44. The first kappa shape index (κ1) is 27.9. The number of nitrogens with zero attached hydrogens (tertiary/aromatic N) is 1. The van der Waals surface area contributed by atoms with Crippen LogP contribution in [0, 0.1) is 17.3 Å². The molecule has 0 saturated carbocycles. The average molecular weight is 530 g/mol. The van der Waals surface area contributed by atoms with Gasteiger partial charge in [0, 0.05) is 11.7 Å². The van der Waals surface area contributed by atoms with E-state index < -0.39 is 18.2 Å². The molecule has 1 heterocycles. The molecule has 0 aliphatic heterocycles. The van der Waals surface area contributed by atoms with Crippen LogP contribution in [0.15, 0.2) is 51.4 Å². The molecule has 1 aromatic carbocycles. The number of fused-ring (bicyclic) bond motifs is 1. The van der Waals surface area contributed by atoms with E-state index >= 15 is 0 Å². The molecule has 0 unspecified atom stereocenters. The van der Waals surface area contributed by atoms with Gasteiger partial charge in [0.05, 0.1) is 16.0 Å². The van der Waals surface area contributed by atoms with E-state index in [0.717, 1.165) is 28.7 Å². The predicted molar refractivity (Wildman–Crippen MR) is 151 cm³/mol. The maximum Gasteiger partial charge on any atom is 0.210 e. The molecule has 0 fully saturated rings. The molecule has 1 aliphatic rings. The molecule has 3 rings (SSSR count). The third-order valence-corrected chi connectivity index (χ3v) is 14.8. The molecule has 0 radical (unpaired) electrons.